The Morgan fingerprint density at radius 2 is 2.23 bits per heavy atom. The molecule has 0 aliphatic heterocycles. The van der Waals surface area contributed by atoms with Gasteiger partial charge in [-0.05, 0) is 44.6 Å². The molecule has 0 aliphatic rings. The van der Waals surface area contributed by atoms with Gasteiger partial charge in [-0.1, -0.05) is 0 Å². The highest BCUT2D eigenvalue weighted by Crippen LogP contribution is 2.26. The molecule has 2 nitrogen and oxygen atoms in total. The highest BCUT2D eigenvalue weighted by molar-refractivity contribution is 14.1. The van der Waals surface area contributed by atoms with Crippen LogP contribution in [0.5, 0.6) is 0 Å². The molecule has 0 saturated carbocycles. The van der Waals surface area contributed by atoms with Crippen molar-refractivity contribution in [1.82, 2.24) is 4.98 Å². The summed E-state index contributed by atoms with van der Waals surface area (Å²) in [6.07, 6.45) is -2.65. The Morgan fingerprint density at radius 1 is 1.62 bits per heavy atom. The minimum absolute atomic E-state index is 0.0179. The minimum atomic E-state index is -2.65. The van der Waals surface area contributed by atoms with Gasteiger partial charge in [-0.25, -0.2) is 13.8 Å². The van der Waals surface area contributed by atoms with Crippen LogP contribution < -0.4 is 0 Å². The first-order valence-corrected chi connectivity index (χ1v) is 4.97. The van der Waals surface area contributed by atoms with E-state index in [0.717, 1.165) is 0 Å². The Hall–Kier alpha value is -0.290. The fraction of sp³-hybridized carbons (Fsp3) is 0.143. The first kappa shape index (κ1) is 10.8. The average molecular weight is 359 g/mol. The van der Waals surface area contributed by atoms with Gasteiger partial charge in [0, 0.05) is 3.57 Å². The van der Waals surface area contributed by atoms with E-state index in [9.17, 15) is 8.78 Å². The van der Waals surface area contributed by atoms with Crippen LogP contribution >= 0.6 is 38.5 Å². The third-order valence-corrected chi connectivity index (χ3v) is 2.74. The molecular weight excluding hydrogens is 357 g/mol. The summed E-state index contributed by atoms with van der Waals surface area (Å²) in [4.78, 5) is 3.52. The quantitative estimate of drug-likeness (QED) is 0.722. The highest BCUT2D eigenvalue weighted by Gasteiger charge is 2.16. The van der Waals surface area contributed by atoms with Crippen molar-refractivity contribution in [2.45, 2.75) is 6.43 Å². The van der Waals surface area contributed by atoms with Gasteiger partial charge < -0.3 is 0 Å². The van der Waals surface area contributed by atoms with E-state index in [2.05, 4.69) is 20.9 Å². The molecule has 6 heteroatoms. The fourth-order valence-corrected chi connectivity index (χ4v) is 2.21. The van der Waals surface area contributed by atoms with E-state index < -0.39 is 6.43 Å². The van der Waals surface area contributed by atoms with Gasteiger partial charge in [0.15, 0.2) is 5.69 Å². The second kappa shape index (κ2) is 4.28. The van der Waals surface area contributed by atoms with Gasteiger partial charge in [0.1, 0.15) is 11.8 Å². The minimum Gasteiger partial charge on any atom is -0.234 e. The fourth-order valence-electron chi connectivity index (χ4n) is 0.712. The third kappa shape index (κ3) is 2.34. The molecule has 68 valence electrons. The topological polar surface area (TPSA) is 36.7 Å². The number of aromatic nitrogens is 1. The molecular formula is C7H2BrF2IN2. The van der Waals surface area contributed by atoms with Crippen molar-refractivity contribution >= 4 is 38.5 Å². The molecule has 1 heterocycles. The molecule has 0 amide bonds. The normalized spacial score (nSPS) is 10.2. The van der Waals surface area contributed by atoms with Crippen LogP contribution in [0.2, 0.25) is 0 Å². The Bertz CT molecular complexity index is 375. The van der Waals surface area contributed by atoms with E-state index in [4.69, 9.17) is 5.26 Å². The zero-order chi connectivity index (χ0) is 10.0. The van der Waals surface area contributed by atoms with Crippen LogP contribution in [0.1, 0.15) is 17.8 Å². The monoisotopic (exact) mass is 358 g/mol. The van der Waals surface area contributed by atoms with Crippen LogP contribution in [0.3, 0.4) is 0 Å². The lowest BCUT2D eigenvalue weighted by Gasteiger charge is -2.03. The molecule has 0 aromatic carbocycles. The van der Waals surface area contributed by atoms with Crippen molar-refractivity contribution in [3.8, 4) is 6.07 Å². The van der Waals surface area contributed by atoms with Crippen LogP contribution in [0.15, 0.2) is 10.5 Å². The van der Waals surface area contributed by atoms with Gasteiger partial charge in [0.25, 0.3) is 6.43 Å². The summed E-state index contributed by atoms with van der Waals surface area (Å²) < 4.78 is 25.3. The number of alkyl halides is 2. The van der Waals surface area contributed by atoms with Gasteiger partial charge in [0.2, 0.25) is 0 Å². The number of hydrogen-bond donors (Lipinski definition) is 0. The molecule has 1 rings (SSSR count). The molecule has 1 aromatic rings. The number of nitriles is 1. The van der Waals surface area contributed by atoms with Crippen molar-refractivity contribution in [1.29, 1.82) is 5.26 Å². The summed E-state index contributed by atoms with van der Waals surface area (Å²) in [5.41, 5.74) is -0.365. The van der Waals surface area contributed by atoms with Crippen LogP contribution in [0.4, 0.5) is 8.78 Å². The number of rotatable bonds is 1. The lowest BCUT2D eigenvalue weighted by Crippen LogP contribution is -1.97. The maximum atomic E-state index is 12.3. The molecule has 0 N–H and O–H groups in total. The third-order valence-electron chi connectivity index (χ3n) is 1.27. The summed E-state index contributed by atoms with van der Waals surface area (Å²) in [5, 5.41) is 8.53. The first-order valence-electron chi connectivity index (χ1n) is 3.10. The summed E-state index contributed by atoms with van der Waals surface area (Å²) >= 11 is 4.81. The van der Waals surface area contributed by atoms with Gasteiger partial charge in [-0.15, -0.1) is 0 Å². The van der Waals surface area contributed by atoms with Gasteiger partial charge in [0.05, 0.1) is 4.47 Å². The SMILES string of the molecule is N#Cc1nc(C(F)F)c(I)cc1Br. The predicted octanol–water partition coefficient (Wildman–Crippen LogP) is 3.26. The van der Waals surface area contributed by atoms with Gasteiger partial charge in [-0.2, -0.15) is 5.26 Å². The number of nitrogens with zero attached hydrogens (tertiary/aromatic N) is 2. The Labute approximate surface area is 95.2 Å². The number of pyridine rings is 1. The molecule has 0 saturated heterocycles. The van der Waals surface area contributed by atoms with E-state index in [1.54, 1.807) is 28.7 Å². The van der Waals surface area contributed by atoms with Crippen molar-refractivity contribution in [2.75, 3.05) is 0 Å². The maximum absolute atomic E-state index is 12.3. The van der Waals surface area contributed by atoms with Gasteiger partial charge >= 0.3 is 0 Å². The van der Waals surface area contributed by atoms with Crippen molar-refractivity contribution in [3.63, 3.8) is 0 Å². The molecule has 0 atom stereocenters. The van der Waals surface area contributed by atoms with Crippen molar-refractivity contribution in [3.05, 3.63) is 25.5 Å². The standard InChI is InChI=1S/C7H2BrF2IN2/c8-3-1-4(11)6(7(9)10)13-5(3)2-12/h1,7H. The Balaban J connectivity index is 3.33. The molecule has 0 spiro atoms. The van der Waals surface area contributed by atoms with Crippen molar-refractivity contribution in [2.24, 2.45) is 0 Å². The lowest BCUT2D eigenvalue weighted by molar-refractivity contribution is 0.145. The molecule has 0 bridgehead atoms. The van der Waals surface area contributed by atoms with Crippen LogP contribution in [0, 0.1) is 14.9 Å². The van der Waals surface area contributed by atoms with Crippen LogP contribution in [0.25, 0.3) is 0 Å². The van der Waals surface area contributed by atoms with E-state index in [0.29, 0.717) is 8.04 Å². The second-order valence-electron chi connectivity index (χ2n) is 2.10. The predicted molar refractivity (Wildman–Crippen MR) is 54.3 cm³/mol. The molecule has 0 radical (unpaired) electrons. The average Bonchev–Trinajstić information content (AvgIpc) is 2.03. The smallest absolute Gasteiger partial charge is 0.234 e. The number of halogens is 4. The molecule has 1 aromatic heterocycles. The van der Waals surface area contributed by atoms with Crippen LogP contribution in [-0.4, -0.2) is 4.98 Å². The molecule has 13 heavy (non-hydrogen) atoms. The summed E-state index contributed by atoms with van der Waals surface area (Å²) in [5.74, 6) is 0. The largest absolute Gasteiger partial charge is 0.281 e. The van der Waals surface area contributed by atoms with Gasteiger partial charge in [-0.3, -0.25) is 0 Å². The number of hydrogen-bond acceptors (Lipinski definition) is 2. The Kier molecular flexibility index (Phi) is 3.55. The molecule has 0 aliphatic carbocycles. The summed E-state index contributed by atoms with van der Waals surface area (Å²) in [7, 11) is 0. The van der Waals surface area contributed by atoms with Crippen molar-refractivity contribution < 1.29 is 8.78 Å². The summed E-state index contributed by atoms with van der Waals surface area (Å²) in [6.45, 7) is 0. The summed E-state index contributed by atoms with van der Waals surface area (Å²) in [6, 6.07) is 3.18. The van der Waals surface area contributed by atoms with E-state index in [-0.39, 0.29) is 11.4 Å². The first-order chi connectivity index (χ1) is 6.06. The maximum Gasteiger partial charge on any atom is 0.281 e. The Morgan fingerprint density at radius 3 is 2.69 bits per heavy atom. The van der Waals surface area contributed by atoms with E-state index in [1.165, 1.54) is 6.07 Å². The molecule has 0 unspecified atom stereocenters. The van der Waals surface area contributed by atoms with E-state index in [1.807, 2.05) is 0 Å². The lowest BCUT2D eigenvalue weighted by atomic mass is 10.3. The zero-order valence-electron chi connectivity index (χ0n) is 6.06. The van der Waals surface area contributed by atoms with Crippen LogP contribution in [-0.2, 0) is 0 Å². The van der Waals surface area contributed by atoms with E-state index >= 15 is 0 Å². The second-order valence-corrected chi connectivity index (χ2v) is 4.11. The molecule has 0 fully saturated rings. The highest BCUT2D eigenvalue weighted by atomic mass is 127. The zero-order valence-corrected chi connectivity index (χ0v) is 9.80.